The Labute approximate surface area is 200 Å². The SMILES string of the molecule is C[C@@H](O)C(=O)N1CC(F)(c2ccc(C3=CC(c4cc(Cl)c(F)c(Cl)c4)(C(F)(F)F)ON3)cc2)C1. The van der Waals surface area contributed by atoms with Crippen LogP contribution in [0.1, 0.15) is 23.6 Å². The number of hydrogen-bond acceptors (Lipinski definition) is 4. The second-order valence-corrected chi connectivity index (χ2v) is 8.98. The van der Waals surface area contributed by atoms with Gasteiger partial charge in [0.15, 0.2) is 11.5 Å². The van der Waals surface area contributed by atoms with Crippen molar-refractivity contribution in [2.75, 3.05) is 13.1 Å². The van der Waals surface area contributed by atoms with Crippen molar-refractivity contribution in [1.29, 1.82) is 0 Å². The minimum atomic E-state index is -4.97. The van der Waals surface area contributed by atoms with Crippen molar-refractivity contribution in [3.05, 3.63) is 75.0 Å². The van der Waals surface area contributed by atoms with Crippen LogP contribution in [-0.2, 0) is 20.9 Å². The third-order valence-corrected chi connectivity index (χ3v) is 6.32. The standard InChI is InChI=1S/C22H17Cl2F5N2O3/c1-11(32)19(33)31-9-20(26,10-31)13-4-2-12(3-5-13)17-8-21(34-30-17,22(27,28)29)14-6-15(23)18(25)16(24)7-14/h2-8,11,30,32H,9-10H2,1H3/t11-,21?/m1/s1. The van der Waals surface area contributed by atoms with E-state index in [2.05, 4.69) is 5.48 Å². The van der Waals surface area contributed by atoms with Gasteiger partial charge in [-0.05, 0) is 36.3 Å². The second-order valence-electron chi connectivity index (χ2n) is 8.16. The largest absolute Gasteiger partial charge is 0.428 e. The van der Waals surface area contributed by atoms with Crippen LogP contribution in [0.15, 0.2) is 42.5 Å². The fraction of sp³-hybridized carbons (Fsp3) is 0.318. The number of hydrogen-bond donors (Lipinski definition) is 2. The van der Waals surface area contributed by atoms with Gasteiger partial charge in [-0.2, -0.15) is 13.2 Å². The molecule has 34 heavy (non-hydrogen) atoms. The summed E-state index contributed by atoms with van der Waals surface area (Å²) in [6.07, 6.45) is -5.45. The van der Waals surface area contributed by atoms with Gasteiger partial charge in [0.25, 0.3) is 5.91 Å². The minimum Gasteiger partial charge on any atom is -0.384 e. The number of rotatable bonds is 4. The highest BCUT2D eigenvalue weighted by molar-refractivity contribution is 6.35. The molecule has 0 bridgehead atoms. The lowest BCUT2D eigenvalue weighted by Crippen LogP contribution is -2.60. The monoisotopic (exact) mass is 522 g/mol. The number of nitrogens with zero attached hydrogens (tertiary/aromatic N) is 1. The molecule has 0 aromatic heterocycles. The van der Waals surface area contributed by atoms with Crippen molar-refractivity contribution in [2.24, 2.45) is 0 Å². The van der Waals surface area contributed by atoms with Crippen molar-refractivity contribution in [2.45, 2.75) is 30.5 Å². The van der Waals surface area contributed by atoms with E-state index in [9.17, 15) is 27.5 Å². The Kier molecular flexibility index (Phi) is 6.08. The van der Waals surface area contributed by atoms with E-state index in [1.54, 1.807) is 0 Å². The average molecular weight is 523 g/mol. The topological polar surface area (TPSA) is 61.8 Å². The van der Waals surface area contributed by atoms with Gasteiger partial charge in [-0.3, -0.25) is 15.1 Å². The Hall–Kier alpha value is -2.40. The Morgan fingerprint density at radius 1 is 1.15 bits per heavy atom. The van der Waals surface area contributed by atoms with Crippen LogP contribution in [0.2, 0.25) is 10.0 Å². The van der Waals surface area contributed by atoms with E-state index in [-0.39, 0.29) is 29.9 Å². The molecular formula is C22H17Cl2F5N2O3. The maximum absolute atomic E-state index is 15.1. The first-order chi connectivity index (χ1) is 15.8. The molecule has 1 amide bonds. The summed E-state index contributed by atoms with van der Waals surface area (Å²) in [5.41, 5.74) is -2.72. The molecule has 0 spiro atoms. The van der Waals surface area contributed by atoms with E-state index in [0.29, 0.717) is 0 Å². The molecule has 1 unspecified atom stereocenters. The number of nitrogens with one attached hydrogen (secondary N) is 1. The molecule has 5 nitrogen and oxygen atoms in total. The number of halogens is 7. The third-order valence-electron chi connectivity index (χ3n) is 5.77. The third kappa shape index (κ3) is 4.02. The highest BCUT2D eigenvalue weighted by atomic mass is 35.5. The van der Waals surface area contributed by atoms with E-state index in [1.165, 1.54) is 36.1 Å². The van der Waals surface area contributed by atoms with E-state index < -0.39 is 50.9 Å². The molecule has 2 aliphatic rings. The average Bonchev–Trinajstić information content (AvgIpc) is 3.21. The van der Waals surface area contributed by atoms with Gasteiger partial charge in [0.2, 0.25) is 5.60 Å². The Bertz CT molecular complexity index is 1140. The number of amides is 1. The molecule has 0 aliphatic carbocycles. The minimum absolute atomic E-state index is 0.0622. The zero-order valence-electron chi connectivity index (χ0n) is 17.4. The molecule has 2 atom stereocenters. The molecule has 182 valence electrons. The number of carbonyl (C=O) groups excluding carboxylic acids is 1. The predicted molar refractivity (Wildman–Crippen MR) is 114 cm³/mol. The maximum Gasteiger partial charge on any atom is 0.428 e. The van der Waals surface area contributed by atoms with Crippen LogP contribution in [0.5, 0.6) is 0 Å². The highest BCUT2D eigenvalue weighted by Crippen LogP contribution is 2.48. The van der Waals surface area contributed by atoms with Crippen LogP contribution in [0.4, 0.5) is 22.0 Å². The van der Waals surface area contributed by atoms with Crippen LogP contribution < -0.4 is 5.48 Å². The lowest BCUT2D eigenvalue weighted by atomic mass is 9.86. The number of alkyl halides is 4. The first-order valence-corrected chi connectivity index (χ1v) is 10.7. The number of hydroxylamine groups is 1. The Morgan fingerprint density at radius 2 is 1.71 bits per heavy atom. The van der Waals surface area contributed by atoms with Crippen molar-refractivity contribution >= 4 is 34.8 Å². The van der Waals surface area contributed by atoms with Crippen LogP contribution in [-0.4, -0.2) is 41.3 Å². The molecule has 1 fully saturated rings. The summed E-state index contributed by atoms with van der Waals surface area (Å²) in [7, 11) is 0. The van der Waals surface area contributed by atoms with Gasteiger partial charge in [-0.1, -0.05) is 47.5 Å². The predicted octanol–water partition coefficient (Wildman–Crippen LogP) is 4.85. The number of likely N-dealkylation sites (tertiary alicyclic amines) is 1. The normalized spacial score (nSPS) is 22.6. The number of carbonyl (C=O) groups is 1. The second kappa shape index (κ2) is 8.37. The molecule has 2 aromatic rings. The Morgan fingerprint density at radius 3 is 2.21 bits per heavy atom. The summed E-state index contributed by atoms with van der Waals surface area (Å²) in [6.45, 7) is 0.793. The van der Waals surface area contributed by atoms with E-state index in [1.807, 2.05) is 0 Å². The fourth-order valence-corrected chi connectivity index (χ4v) is 4.35. The molecule has 4 rings (SSSR count). The van der Waals surface area contributed by atoms with Gasteiger partial charge in [0.1, 0.15) is 6.10 Å². The van der Waals surface area contributed by atoms with Crippen molar-refractivity contribution < 1.29 is 36.7 Å². The Balaban J connectivity index is 1.62. The fourth-order valence-electron chi connectivity index (χ4n) is 3.87. The van der Waals surface area contributed by atoms with E-state index in [4.69, 9.17) is 28.0 Å². The first kappa shape index (κ1) is 24.7. The zero-order chi connectivity index (χ0) is 25.1. The molecule has 0 saturated carbocycles. The summed E-state index contributed by atoms with van der Waals surface area (Å²) in [5, 5.41) is 8.13. The van der Waals surface area contributed by atoms with E-state index >= 15 is 4.39 Å². The number of benzene rings is 2. The molecule has 0 radical (unpaired) electrons. The van der Waals surface area contributed by atoms with Gasteiger partial charge in [0.05, 0.1) is 28.8 Å². The molecule has 2 aliphatic heterocycles. The van der Waals surface area contributed by atoms with Crippen molar-refractivity contribution in [3.8, 4) is 0 Å². The quantitative estimate of drug-likeness (QED) is 0.445. The molecular weight excluding hydrogens is 506 g/mol. The van der Waals surface area contributed by atoms with Gasteiger partial charge in [0, 0.05) is 5.56 Å². The molecule has 1 saturated heterocycles. The lowest BCUT2D eigenvalue weighted by molar-refractivity contribution is -0.269. The van der Waals surface area contributed by atoms with Crippen LogP contribution in [0.3, 0.4) is 0 Å². The highest BCUT2D eigenvalue weighted by Gasteiger charge is 2.60. The van der Waals surface area contributed by atoms with Crippen molar-refractivity contribution in [1.82, 2.24) is 10.4 Å². The number of aliphatic hydroxyl groups is 1. The van der Waals surface area contributed by atoms with Crippen LogP contribution in [0, 0.1) is 5.82 Å². The summed E-state index contributed by atoms with van der Waals surface area (Å²) in [6, 6.07) is 7.14. The summed E-state index contributed by atoms with van der Waals surface area (Å²) in [5.74, 6) is -1.65. The summed E-state index contributed by atoms with van der Waals surface area (Å²) in [4.78, 5) is 17.9. The summed E-state index contributed by atoms with van der Waals surface area (Å²) >= 11 is 11.4. The van der Waals surface area contributed by atoms with E-state index in [0.717, 1.165) is 18.2 Å². The van der Waals surface area contributed by atoms with Crippen molar-refractivity contribution in [3.63, 3.8) is 0 Å². The van der Waals surface area contributed by atoms with Crippen LogP contribution >= 0.6 is 23.2 Å². The van der Waals surface area contributed by atoms with Crippen LogP contribution in [0.25, 0.3) is 5.70 Å². The number of aliphatic hydroxyl groups excluding tert-OH is 1. The molecule has 2 heterocycles. The van der Waals surface area contributed by atoms with Gasteiger partial charge in [-0.25, -0.2) is 8.78 Å². The summed E-state index contributed by atoms with van der Waals surface area (Å²) < 4.78 is 71.1. The smallest absolute Gasteiger partial charge is 0.384 e. The molecule has 2 N–H and O–H groups in total. The van der Waals surface area contributed by atoms with Gasteiger partial charge >= 0.3 is 6.18 Å². The zero-order valence-corrected chi connectivity index (χ0v) is 18.9. The maximum atomic E-state index is 15.1. The van der Waals surface area contributed by atoms with Gasteiger partial charge in [-0.15, -0.1) is 0 Å². The molecule has 2 aromatic carbocycles. The van der Waals surface area contributed by atoms with Gasteiger partial charge < -0.3 is 10.0 Å². The molecule has 12 heteroatoms. The lowest BCUT2D eigenvalue weighted by Gasteiger charge is -2.45. The first-order valence-electron chi connectivity index (χ1n) is 9.93.